The predicted octanol–water partition coefficient (Wildman–Crippen LogP) is 5.60. The van der Waals surface area contributed by atoms with Crippen molar-refractivity contribution in [1.82, 2.24) is 14.9 Å². The highest BCUT2D eigenvalue weighted by Gasteiger charge is 2.54. The summed E-state index contributed by atoms with van der Waals surface area (Å²) in [6, 6.07) is 12.6. The zero-order chi connectivity index (χ0) is 26.7. The summed E-state index contributed by atoms with van der Waals surface area (Å²) in [4.78, 5) is 38.2. The minimum Gasteiger partial charge on any atom is -0.495 e. The Hall–Kier alpha value is -3.26. The number of hydrogen-bond acceptors (Lipinski definition) is 7. The van der Waals surface area contributed by atoms with Gasteiger partial charge in [0.05, 0.1) is 37.6 Å². The van der Waals surface area contributed by atoms with Gasteiger partial charge in [-0.05, 0) is 81.5 Å². The number of benzene rings is 1. The van der Waals surface area contributed by atoms with E-state index < -0.39 is 11.4 Å². The number of rotatable bonds is 12. The third-order valence-corrected chi connectivity index (χ3v) is 8.39. The van der Waals surface area contributed by atoms with Crippen LogP contribution < -0.4 is 4.74 Å². The number of nitrogens with zero attached hydrogens (tertiary/aromatic N) is 3. The van der Waals surface area contributed by atoms with Crippen molar-refractivity contribution in [2.24, 2.45) is 0 Å². The summed E-state index contributed by atoms with van der Waals surface area (Å²) in [5, 5.41) is 0.744. The third-order valence-electron chi connectivity index (χ3n) is 7.44. The van der Waals surface area contributed by atoms with Gasteiger partial charge in [-0.15, -0.1) is 11.3 Å². The summed E-state index contributed by atoms with van der Waals surface area (Å²) < 4.78 is 10.4. The maximum absolute atomic E-state index is 14.0. The van der Waals surface area contributed by atoms with Crippen molar-refractivity contribution in [1.29, 1.82) is 0 Å². The van der Waals surface area contributed by atoms with Crippen molar-refractivity contribution in [3.05, 3.63) is 75.0 Å². The fraction of sp³-hybridized carbons (Fsp3) is 0.467. The van der Waals surface area contributed by atoms with E-state index in [4.69, 9.17) is 9.47 Å². The molecule has 0 bridgehead atoms. The molecule has 0 atom stereocenters. The first kappa shape index (κ1) is 26.4. The average molecular weight is 534 g/mol. The first-order chi connectivity index (χ1) is 18.4. The quantitative estimate of drug-likeness (QED) is 0.282. The van der Waals surface area contributed by atoms with Crippen molar-refractivity contribution in [3.63, 3.8) is 0 Å². The van der Waals surface area contributed by atoms with E-state index in [1.165, 1.54) is 35.3 Å². The van der Waals surface area contributed by atoms with Crippen LogP contribution in [0.2, 0.25) is 0 Å². The van der Waals surface area contributed by atoms with Crippen LogP contribution in [0.3, 0.4) is 0 Å². The first-order valence-corrected chi connectivity index (χ1v) is 14.3. The highest BCUT2D eigenvalue weighted by Crippen LogP contribution is 2.49. The van der Waals surface area contributed by atoms with Crippen LogP contribution in [0, 0.1) is 6.92 Å². The molecule has 2 saturated carbocycles. The molecule has 38 heavy (non-hydrogen) atoms. The van der Waals surface area contributed by atoms with Crippen molar-refractivity contribution in [2.45, 2.75) is 70.3 Å². The molecule has 200 valence electrons. The average Bonchev–Trinajstić information content (AvgIpc) is 3.86. The van der Waals surface area contributed by atoms with Crippen LogP contribution in [0.25, 0.3) is 0 Å². The minimum atomic E-state index is -0.603. The lowest BCUT2D eigenvalue weighted by molar-refractivity contribution is -0.134. The topological polar surface area (TPSA) is 81.6 Å². The second kappa shape index (κ2) is 11.2. The monoisotopic (exact) mass is 533 g/mol. The summed E-state index contributed by atoms with van der Waals surface area (Å²) in [6.07, 6.45) is 7.55. The fourth-order valence-corrected chi connectivity index (χ4v) is 5.94. The second-order valence-electron chi connectivity index (χ2n) is 10.2. The molecule has 1 aromatic carbocycles. The van der Waals surface area contributed by atoms with Crippen LogP contribution >= 0.6 is 11.3 Å². The lowest BCUT2D eigenvalue weighted by Crippen LogP contribution is -2.40. The normalized spacial score (nSPS) is 15.7. The van der Waals surface area contributed by atoms with Crippen LogP contribution in [0.1, 0.15) is 82.1 Å². The van der Waals surface area contributed by atoms with Gasteiger partial charge in [0, 0.05) is 11.4 Å². The van der Waals surface area contributed by atoms with E-state index in [0.717, 1.165) is 47.2 Å². The lowest BCUT2D eigenvalue weighted by Gasteiger charge is -2.27. The van der Waals surface area contributed by atoms with Crippen molar-refractivity contribution < 1.29 is 19.1 Å². The molecule has 0 N–H and O–H groups in total. The molecule has 1 amide bonds. The Bertz CT molecular complexity index is 1300. The number of esters is 1. The maximum Gasteiger partial charge on any atom is 0.358 e. The molecular formula is C30H35N3O4S. The van der Waals surface area contributed by atoms with Crippen LogP contribution in [-0.4, -0.2) is 47.0 Å². The Balaban J connectivity index is 1.34. The molecule has 2 aliphatic rings. The van der Waals surface area contributed by atoms with E-state index in [2.05, 4.69) is 34.2 Å². The van der Waals surface area contributed by atoms with Crippen molar-refractivity contribution >= 4 is 23.2 Å². The van der Waals surface area contributed by atoms with E-state index in [1.807, 2.05) is 24.0 Å². The largest absolute Gasteiger partial charge is 0.495 e. The smallest absolute Gasteiger partial charge is 0.358 e. The molecule has 5 rings (SSSR count). The number of methoxy groups -OCH3 is 1. The standard InChI is InChI=1S/C30H35N3O4S/c1-4-37-28(34)27-20(2)38-26(32-27)19-33(16-6-8-21-7-5-9-23(17-21)22-10-11-22)29(35)30(14-15-30)25-13-12-24(36-3)18-31-25/h5,7,9,12-13,17-18,22H,4,6,8,10-11,14-16,19H2,1-3H3. The van der Waals surface area contributed by atoms with Gasteiger partial charge in [0.25, 0.3) is 0 Å². The zero-order valence-corrected chi connectivity index (χ0v) is 23.2. The third kappa shape index (κ3) is 5.75. The predicted molar refractivity (Wildman–Crippen MR) is 147 cm³/mol. The van der Waals surface area contributed by atoms with Gasteiger partial charge in [0.15, 0.2) is 5.69 Å². The first-order valence-electron chi connectivity index (χ1n) is 13.5. The van der Waals surface area contributed by atoms with Crippen LogP contribution in [-0.2, 0) is 27.9 Å². The summed E-state index contributed by atoms with van der Waals surface area (Å²) in [5.74, 6) is 1.06. The molecular weight excluding hydrogens is 498 g/mol. The SMILES string of the molecule is CCOC(=O)c1nc(CN(CCCc2cccc(C3CC3)c2)C(=O)C2(c3ccc(OC)cn3)CC2)sc1C. The molecule has 8 heteroatoms. The Morgan fingerprint density at radius 2 is 2.00 bits per heavy atom. The van der Waals surface area contributed by atoms with Crippen LogP contribution in [0.4, 0.5) is 0 Å². The molecule has 2 aliphatic carbocycles. The number of aryl methyl sites for hydroxylation is 2. The number of carbonyl (C=O) groups is 2. The summed E-state index contributed by atoms with van der Waals surface area (Å²) in [6.45, 7) is 4.93. The fourth-order valence-electron chi connectivity index (χ4n) is 5.01. The molecule has 2 fully saturated rings. The summed E-state index contributed by atoms with van der Waals surface area (Å²) in [7, 11) is 1.61. The van der Waals surface area contributed by atoms with Gasteiger partial charge in [-0.2, -0.15) is 0 Å². The Morgan fingerprint density at radius 3 is 2.66 bits per heavy atom. The zero-order valence-electron chi connectivity index (χ0n) is 22.4. The number of aromatic nitrogens is 2. The molecule has 2 heterocycles. The molecule has 2 aromatic heterocycles. The Kier molecular flexibility index (Phi) is 7.79. The molecule has 7 nitrogen and oxygen atoms in total. The van der Waals surface area contributed by atoms with Gasteiger partial charge in [0.1, 0.15) is 10.8 Å². The second-order valence-corrected chi connectivity index (χ2v) is 11.5. The van der Waals surface area contributed by atoms with Gasteiger partial charge in [-0.1, -0.05) is 24.3 Å². The van der Waals surface area contributed by atoms with Gasteiger partial charge in [-0.25, -0.2) is 9.78 Å². The van der Waals surface area contributed by atoms with Crippen molar-refractivity contribution in [3.8, 4) is 5.75 Å². The summed E-state index contributed by atoms with van der Waals surface area (Å²) in [5.41, 5.74) is 3.27. The van der Waals surface area contributed by atoms with Gasteiger partial charge < -0.3 is 14.4 Å². The molecule has 0 unspecified atom stereocenters. The highest BCUT2D eigenvalue weighted by atomic mass is 32.1. The number of carbonyl (C=O) groups excluding carboxylic acids is 2. The van der Waals surface area contributed by atoms with E-state index >= 15 is 0 Å². The number of thiazole rings is 1. The number of ether oxygens (including phenoxy) is 2. The Labute approximate surface area is 228 Å². The van der Waals surface area contributed by atoms with Gasteiger partial charge >= 0.3 is 5.97 Å². The van der Waals surface area contributed by atoms with Crippen LogP contribution in [0.15, 0.2) is 42.6 Å². The van der Waals surface area contributed by atoms with Gasteiger partial charge in [-0.3, -0.25) is 9.78 Å². The number of amides is 1. The molecule has 0 saturated heterocycles. The summed E-state index contributed by atoms with van der Waals surface area (Å²) >= 11 is 1.45. The number of hydrogen-bond donors (Lipinski definition) is 0. The van der Waals surface area contributed by atoms with E-state index in [0.29, 0.717) is 31.1 Å². The maximum atomic E-state index is 14.0. The van der Waals surface area contributed by atoms with Crippen LogP contribution in [0.5, 0.6) is 5.75 Å². The Morgan fingerprint density at radius 1 is 1.18 bits per heavy atom. The van der Waals surface area contributed by atoms with E-state index in [-0.39, 0.29) is 5.91 Å². The van der Waals surface area contributed by atoms with E-state index in [1.54, 1.807) is 20.2 Å². The minimum absolute atomic E-state index is 0.0763. The van der Waals surface area contributed by atoms with Gasteiger partial charge in [0.2, 0.25) is 5.91 Å². The molecule has 0 aliphatic heterocycles. The highest BCUT2D eigenvalue weighted by molar-refractivity contribution is 7.11. The van der Waals surface area contributed by atoms with Crippen molar-refractivity contribution in [2.75, 3.05) is 20.3 Å². The molecule has 3 aromatic rings. The molecule has 0 spiro atoms. The number of pyridine rings is 1. The van der Waals surface area contributed by atoms with E-state index in [9.17, 15) is 9.59 Å². The molecule has 0 radical (unpaired) electrons. The lowest BCUT2D eigenvalue weighted by atomic mass is 9.99.